The number of rotatable bonds is 4. The van der Waals surface area contributed by atoms with Crippen LogP contribution in [0.15, 0.2) is 53.7 Å². The van der Waals surface area contributed by atoms with Crippen molar-refractivity contribution in [1.82, 2.24) is 9.88 Å². The van der Waals surface area contributed by atoms with Gasteiger partial charge in [-0.2, -0.15) is 0 Å². The molecule has 0 N–H and O–H groups in total. The lowest BCUT2D eigenvalue weighted by Gasteiger charge is -2.33. The summed E-state index contributed by atoms with van der Waals surface area (Å²) in [6.07, 6.45) is 7.04. The number of piperidine rings is 1. The molecule has 0 aliphatic carbocycles. The molecule has 0 bridgehead atoms. The third-order valence-electron chi connectivity index (χ3n) is 6.29. The normalized spacial score (nSPS) is 27.0. The Bertz CT molecular complexity index is 829. The summed E-state index contributed by atoms with van der Waals surface area (Å²) in [4.78, 5) is 14.9. The summed E-state index contributed by atoms with van der Waals surface area (Å²) < 4.78 is 0. The Morgan fingerprint density at radius 2 is 1.86 bits per heavy atom. The largest absolute Gasteiger partial charge is 0.372 e. The van der Waals surface area contributed by atoms with Gasteiger partial charge in [0, 0.05) is 36.8 Å². The van der Waals surface area contributed by atoms with Gasteiger partial charge in [0.15, 0.2) is 5.17 Å². The van der Waals surface area contributed by atoms with E-state index < -0.39 is 0 Å². The minimum Gasteiger partial charge on any atom is -0.372 e. The summed E-state index contributed by atoms with van der Waals surface area (Å²) in [5.41, 5.74) is 3.79. The molecule has 5 rings (SSSR count). The standard InChI is InChI=1S/C23H28N4S/c1-2-18-16-28-23-25-21(20-8-4-5-13-24-20)22(27(18)23)17-9-11-19(12-10-17)26-14-6-3-7-15-26/h4-5,8-13,18,21-22H,2-3,6-7,14-16H2,1H3/t18-,21-,22-/m1/s1. The van der Waals surface area contributed by atoms with Gasteiger partial charge in [0.1, 0.15) is 6.04 Å². The first kappa shape index (κ1) is 18.0. The number of hydrogen-bond acceptors (Lipinski definition) is 5. The first-order valence-corrected chi connectivity index (χ1v) is 11.6. The van der Waals surface area contributed by atoms with Gasteiger partial charge in [0.2, 0.25) is 0 Å². The van der Waals surface area contributed by atoms with Crippen LogP contribution in [0.25, 0.3) is 0 Å². The number of thioether (sulfide) groups is 1. The Hall–Kier alpha value is -2.01. The molecule has 3 aliphatic heterocycles. The van der Waals surface area contributed by atoms with E-state index in [1.807, 2.05) is 24.0 Å². The van der Waals surface area contributed by atoms with Gasteiger partial charge in [0.25, 0.3) is 0 Å². The van der Waals surface area contributed by atoms with Gasteiger partial charge in [-0.25, -0.2) is 0 Å². The molecule has 3 atom stereocenters. The Kier molecular flexibility index (Phi) is 5.02. The molecule has 2 aromatic rings. The van der Waals surface area contributed by atoms with Crippen molar-refractivity contribution in [3.8, 4) is 0 Å². The maximum atomic E-state index is 5.12. The molecule has 146 valence electrons. The van der Waals surface area contributed by atoms with Gasteiger partial charge >= 0.3 is 0 Å². The molecule has 0 radical (unpaired) electrons. The molecule has 0 spiro atoms. The maximum absolute atomic E-state index is 5.12. The van der Waals surface area contributed by atoms with Crippen molar-refractivity contribution < 1.29 is 0 Å². The number of fused-ring (bicyclic) bond motifs is 1. The number of aromatic nitrogens is 1. The number of nitrogens with zero attached hydrogens (tertiary/aromatic N) is 4. The molecule has 0 saturated carbocycles. The van der Waals surface area contributed by atoms with Crippen LogP contribution >= 0.6 is 11.8 Å². The van der Waals surface area contributed by atoms with E-state index in [1.165, 1.54) is 48.8 Å². The second kappa shape index (κ2) is 7.78. The van der Waals surface area contributed by atoms with Gasteiger partial charge < -0.3 is 9.80 Å². The van der Waals surface area contributed by atoms with E-state index in [-0.39, 0.29) is 12.1 Å². The molecular formula is C23H28N4S. The van der Waals surface area contributed by atoms with E-state index >= 15 is 0 Å². The first-order valence-electron chi connectivity index (χ1n) is 10.6. The second-order valence-corrected chi connectivity index (χ2v) is 8.96. The Labute approximate surface area is 172 Å². The molecule has 5 heteroatoms. The summed E-state index contributed by atoms with van der Waals surface area (Å²) in [7, 11) is 0. The Balaban J connectivity index is 1.48. The van der Waals surface area contributed by atoms with E-state index in [9.17, 15) is 0 Å². The van der Waals surface area contributed by atoms with Gasteiger partial charge in [-0.15, -0.1) is 0 Å². The number of aliphatic imine (C=N–C) groups is 1. The number of pyridine rings is 1. The highest BCUT2D eigenvalue weighted by Gasteiger charge is 2.45. The average molecular weight is 393 g/mol. The molecule has 0 unspecified atom stereocenters. The summed E-state index contributed by atoms with van der Waals surface area (Å²) in [6, 6.07) is 16.4. The zero-order valence-corrected chi connectivity index (χ0v) is 17.3. The molecule has 2 fully saturated rings. The topological polar surface area (TPSA) is 31.7 Å². The van der Waals surface area contributed by atoms with E-state index in [2.05, 4.69) is 58.1 Å². The molecule has 4 nitrogen and oxygen atoms in total. The van der Waals surface area contributed by atoms with Gasteiger partial charge in [-0.1, -0.05) is 36.9 Å². The molecule has 1 aromatic carbocycles. The van der Waals surface area contributed by atoms with Gasteiger partial charge in [-0.3, -0.25) is 9.98 Å². The van der Waals surface area contributed by atoms with Gasteiger partial charge in [0.05, 0.1) is 11.7 Å². The lowest BCUT2D eigenvalue weighted by Crippen LogP contribution is -2.35. The number of hydrogen-bond donors (Lipinski definition) is 0. The fourth-order valence-electron chi connectivity index (χ4n) is 4.74. The summed E-state index contributed by atoms with van der Waals surface area (Å²) in [5.74, 6) is 1.15. The third-order valence-corrected chi connectivity index (χ3v) is 7.41. The van der Waals surface area contributed by atoms with Crippen molar-refractivity contribution >= 4 is 22.6 Å². The van der Waals surface area contributed by atoms with Crippen LogP contribution in [-0.4, -0.2) is 39.9 Å². The van der Waals surface area contributed by atoms with Crippen molar-refractivity contribution in [3.05, 3.63) is 59.9 Å². The van der Waals surface area contributed by atoms with Crippen LogP contribution in [0.2, 0.25) is 0 Å². The minimum atomic E-state index is 0.0823. The molecule has 4 heterocycles. The maximum Gasteiger partial charge on any atom is 0.160 e. The van der Waals surface area contributed by atoms with E-state index in [4.69, 9.17) is 4.99 Å². The SMILES string of the molecule is CC[C@@H]1CSC2=N[C@H](c3ccccn3)[C@@H](c3ccc(N4CCCCC4)cc3)N21. The molecule has 3 aliphatic rings. The van der Waals surface area contributed by atoms with Gasteiger partial charge in [-0.05, 0) is 55.5 Å². The zero-order chi connectivity index (χ0) is 18.9. The monoisotopic (exact) mass is 392 g/mol. The highest BCUT2D eigenvalue weighted by molar-refractivity contribution is 8.14. The van der Waals surface area contributed by atoms with Crippen LogP contribution in [0.3, 0.4) is 0 Å². The summed E-state index contributed by atoms with van der Waals surface area (Å²) in [6.45, 7) is 4.67. The predicted octanol–water partition coefficient (Wildman–Crippen LogP) is 5.05. The average Bonchev–Trinajstić information content (AvgIpc) is 3.34. The molecule has 2 saturated heterocycles. The predicted molar refractivity (Wildman–Crippen MR) is 118 cm³/mol. The molecule has 1 aromatic heterocycles. The van der Waals surface area contributed by atoms with Crippen molar-refractivity contribution in [3.63, 3.8) is 0 Å². The highest BCUT2D eigenvalue weighted by Crippen LogP contribution is 2.48. The third kappa shape index (κ3) is 3.20. The lowest BCUT2D eigenvalue weighted by molar-refractivity contribution is 0.255. The van der Waals surface area contributed by atoms with Crippen molar-refractivity contribution in [1.29, 1.82) is 0 Å². The van der Waals surface area contributed by atoms with Crippen LogP contribution in [0.4, 0.5) is 5.69 Å². The quantitative estimate of drug-likeness (QED) is 0.729. The highest BCUT2D eigenvalue weighted by atomic mass is 32.2. The summed E-state index contributed by atoms with van der Waals surface area (Å²) in [5, 5.41) is 1.20. The van der Waals surface area contributed by atoms with E-state index in [1.54, 1.807) is 0 Å². The lowest BCUT2D eigenvalue weighted by atomic mass is 9.95. The molecule has 0 amide bonds. The van der Waals surface area contributed by atoms with Crippen molar-refractivity contribution in [2.24, 2.45) is 4.99 Å². The van der Waals surface area contributed by atoms with Crippen LogP contribution < -0.4 is 4.90 Å². The second-order valence-electron chi connectivity index (χ2n) is 7.98. The van der Waals surface area contributed by atoms with Crippen LogP contribution in [0.1, 0.15) is 55.9 Å². The summed E-state index contributed by atoms with van der Waals surface area (Å²) >= 11 is 1.91. The Morgan fingerprint density at radius 1 is 1.04 bits per heavy atom. The van der Waals surface area contributed by atoms with Crippen molar-refractivity contribution in [2.75, 3.05) is 23.7 Å². The fourth-order valence-corrected chi connectivity index (χ4v) is 6.08. The van der Waals surface area contributed by atoms with E-state index in [0.717, 1.165) is 17.9 Å². The molecular weight excluding hydrogens is 364 g/mol. The first-order chi connectivity index (χ1) is 13.8. The van der Waals surface area contributed by atoms with Crippen LogP contribution in [-0.2, 0) is 0 Å². The number of anilines is 1. The Morgan fingerprint density at radius 3 is 2.57 bits per heavy atom. The van der Waals surface area contributed by atoms with Crippen molar-refractivity contribution in [2.45, 2.75) is 50.7 Å². The number of amidine groups is 1. The number of benzene rings is 1. The molecule has 28 heavy (non-hydrogen) atoms. The smallest absolute Gasteiger partial charge is 0.160 e. The van der Waals surface area contributed by atoms with Crippen LogP contribution in [0, 0.1) is 0 Å². The fraction of sp³-hybridized carbons (Fsp3) is 0.478. The zero-order valence-electron chi connectivity index (χ0n) is 16.5. The van der Waals surface area contributed by atoms with E-state index in [0.29, 0.717) is 6.04 Å². The van der Waals surface area contributed by atoms with Crippen LogP contribution in [0.5, 0.6) is 0 Å². The minimum absolute atomic E-state index is 0.0823.